The van der Waals surface area contributed by atoms with E-state index in [-0.39, 0.29) is 23.0 Å². The summed E-state index contributed by atoms with van der Waals surface area (Å²) in [6.07, 6.45) is -0.811. The molecule has 156 valence electrons. The maximum absolute atomic E-state index is 12.5. The number of hydrogen-bond donors (Lipinski definition) is 0. The molecule has 0 aliphatic heterocycles. The Kier molecular flexibility index (Phi) is 6.26. The molecule has 1 atom stereocenters. The summed E-state index contributed by atoms with van der Waals surface area (Å²) in [5, 5.41) is 18.6. The van der Waals surface area contributed by atoms with Gasteiger partial charge in [-0.1, -0.05) is 0 Å². The van der Waals surface area contributed by atoms with Gasteiger partial charge in [-0.25, -0.2) is 4.79 Å². The number of ether oxygens (including phenoxy) is 3. The van der Waals surface area contributed by atoms with Crippen molar-refractivity contribution in [3.8, 4) is 23.0 Å². The number of rotatable bonds is 8. The van der Waals surface area contributed by atoms with Crippen molar-refractivity contribution in [2.45, 2.75) is 20.0 Å². The second-order valence-electron chi connectivity index (χ2n) is 6.10. The Hall–Kier alpha value is -3.95. The van der Waals surface area contributed by atoms with Crippen molar-refractivity contribution in [2.75, 3.05) is 13.7 Å². The number of nitrogens with zero attached hydrogens (tertiary/aromatic N) is 3. The van der Waals surface area contributed by atoms with Gasteiger partial charge in [-0.15, -0.1) is 10.2 Å². The second-order valence-corrected chi connectivity index (χ2v) is 6.10. The summed E-state index contributed by atoms with van der Waals surface area (Å²) in [5.74, 6) is 0.591. The number of methoxy groups -OCH3 is 1. The highest BCUT2D eigenvalue weighted by Crippen LogP contribution is 2.29. The van der Waals surface area contributed by atoms with Gasteiger partial charge in [0.2, 0.25) is 5.89 Å². The Balaban J connectivity index is 1.72. The van der Waals surface area contributed by atoms with E-state index in [2.05, 4.69) is 10.2 Å². The molecule has 0 aliphatic rings. The minimum absolute atomic E-state index is 0.0494. The number of carbonyl (C=O) groups excluding carboxylic acids is 1. The van der Waals surface area contributed by atoms with Gasteiger partial charge in [-0.3, -0.25) is 10.1 Å². The van der Waals surface area contributed by atoms with Gasteiger partial charge in [0, 0.05) is 17.7 Å². The van der Waals surface area contributed by atoms with E-state index >= 15 is 0 Å². The van der Waals surface area contributed by atoms with Gasteiger partial charge >= 0.3 is 5.97 Å². The molecule has 0 N–H and O–H groups in total. The van der Waals surface area contributed by atoms with Crippen LogP contribution in [-0.2, 0) is 4.74 Å². The van der Waals surface area contributed by atoms with Crippen LogP contribution < -0.4 is 9.47 Å². The largest absolute Gasteiger partial charge is 0.493 e. The van der Waals surface area contributed by atoms with Crippen molar-refractivity contribution in [2.24, 2.45) is 0 Å². The topological polar surface area (TPSA) is 127 Å². The highest BCUT2D eigenvalue weighted by molar-refractivity contribution is 5.90. The first kappa shape index (κ1) is 20.8. The van der Waals surface area contributed by atoms with E-state index in [1.54, 1.807) is 19.1 Å². The van der Waals surface area contributed by atoms with Gasteiger partial charge in [-0.05, 0) is 44.2 Å². The lowest BCUT2D eigenvalue weighted by atomic mass is 10.2. The molecule has 0 spiro atoms. The van der Waals surface area contributed by atoms with Crippen LogP contribution in [0.5, 0.6) is 11.5 Å². The molecule has 0 saturated carbocycles. The molecular formula is C20H19N3O7. The van der Waals surface area contributed by atoms with Gasteiger partial charge in [0.1, 0.15) is 0 Å². The molecular weight excluding hydrogens is 394 g/mol. The van der Waals surface area contributed by atoms with Gasteiger partial charge in [0.05, 0.1) is 24.2 Å². The third-order valence-electron chi connectivity index (χ3n) is 4.10. The van der Waals surface area contributed by atoms with Gasteiger partial charge in [0.25, 0.3) is 11.6 Å². The summed E-state index contributed by atoms with van der Waals surface area (Å²) >= 11 is 0. The second kappa shape index (κ2) is 9.03. The average molecular weight is 413 g/mol. The monoisotopic (exact) mass is 413 g/mol. The molecule has 0 fully saturated rings. The number of esters is 1. The first-order chi connectivity index (χ1) is 14.4. The number of carbonyl (C=O) groups is 1. The fourth-order valence-electron chi connectivity index (χ4n) is 2.59. The average Bonchev–Trinajstić information content (AvgIpc) is 3.24. The SMILES string of the molecule is CCOc1cc(C(=O)O[C@H](C)c2nnc(-c3ccc([N+](=O)[O-])cc3)o2)ccc1OC. The molecule has 0 bridgehead atoms. The fourth-order valence-corrected chi connectivity index (χ4v) is 2.59. The lowest BCUT2D eigenvalue weighted by Crippen LogP contribution is -2.10. The molecule has 0 radical (unpaired) electrons. The third-order valence-corrected chi connectivity index (χ3v) is 4.10. The van der Waals surface area contributed by atoms with Gasteiger partial charge in [0.15, 0.2) is 17.6 Å². The molecule has 1 aromatic heterocycles. The first-order valence-electron chi connectivity index (χ1n) is 9.03. The van der Waals surface area contributed by atoms with Crippen molar-refractivity contribution < 1.29 is 28.3 Å². The molecule has 1 heterocycles. The van der Waals surface area contributed by atoms with Crippen LogP contribution in [-0.4, -0.2) is 34.8 Å². The zero-order chi connectivity index (χ0) is 21.7. The van der Waals surface area contributed by atoms with Gasteiger partial charge < -0.3 is 18.6 Å². The molecule has 0 aliphatic carbocycles. The van der Waals surface area contributed by atoms with Crippen LogP contribution >= 0.6 is 0 Å². The van der Waals surface area contributed by atoms with Crippen LogP contribution in [0.2, 0.25) is 0 Å². The Labute approximate surface area is 171 Å². The van der Waals surface area contributed by atoms with E-state index in [4.69, 9.17) is 18.6 Å². The van der Waals surface area contributed by atoms with Crippen molar-refractivity contribution in [1.82, 2.24) is 10.2 Å². The zero-order valence-corrected chi connectivity index (χ0v) is 16.5. The Bertz CT molecular complexity index is 1050. The van der Waals surface area contributed by atoms with E-state index in [9.17, 15) is 14.9 Å². The number of non-ortho nitro benzene ring substituents is 1. The molecule has 0 saturated heterocycles. The third kappa shape index (κ3) is 4.54. The predicted octanol–water partition coefficient (Wildman–Crippen LogP) is 3.97. The van der Waals surface area contributed by atoms with Crippen molar-refractivity contribution in [3.05, 3.63) is 64.0 Å². The standard InChI is InChI=1S/C20H19N3O7/c1-4-28-17-11-14(7-10-16(17)27-3)20(24)29-12(2)18-21-22-19(30-18)13-5-8-15(9-6-13)23(25)26/h5-12H,4H2,1-3H3/t12-/m1/s1. The lowest BCUT2D eigenvalue weighted by molar-refractivity contribution is -0.384. The van der Waals surface area contributed by atoms with E-state index in [0.717, 1.165) is 0 Å². The first-order valence-corrected chi connectivity index (χ1v) is 9.03. The number of benzene rings is 2. The highest BCUT2D eigenvalue weighted by Gasteiger charge is 2.21. The maximum Gasteiger partial charge on any atom is 0.339 e. The lowest BCUT2D eigenvalue weighted by Gasteiger charge is -2.12. The van der Waals surface area contributed by atoms with Crippen LogP contribution in [0.1, 0.15) is 36.2 Å². The molecule has 0 unspecified atom stereocenters. The Morgan fingerprint density at radius 3 is 2.53 bits per heavy atom. The van der Waals surface area contributed by atoms with Crippen LogP contribution in [0.4, 0.5) is 5.69 Å². The fraction of sp³-hybridized carbons (Fsp3) is 0.250. The van der Waals surface area contributed by atoms with Crippen LogP contribution in [0.15, 0.2) is 46.9 Å². The van der Waals surface area contributed by atoms with Gasteiger partial charge in [-0.2, -0.15) is 0 Å². The quantitative estimate of drug-likeness (QED) is 0.306. The predicted molar refractivity (Wildman–Crippen MR) is 104 cm³/mol. The number of hydrogen-bond acceptors (Lipinski definition) is 9. The minimum Gasteiger partial charge on any atom is -0.493 e. The van der Waals surface area contributed by atoms with Crippen LogP contribution in [0, 0.1) is 10.1 Å². The number of nitro groups is 1. The summed E-state index contributed by atoms with van der Waals surface area (Å²) in [6.45, 7) is 3.83. The molecule has 2 aromatic carbocycles. The Morgan fingerprint density at radius 1 is 1.17 bits per heavy atom. The smallest absolute Gasteiger partial charge is 0.339 e. The van der Waals surface area contributed by atoms with E-state index in [0.29, 0.717) is 23.7 Å². The minimum atomic E-state index is -0.811. The highest BCUT2D eigenvalue weighted by atomic mass is 16.6. The van der Waals surface area contributed by atoms with Crippen molar-refractivity contribution in [3.63, 3.8) is 0 Å². The van der Waals surface area contributed by atoms with E-state index in [1.165, 1.54) is 37.4 Å². The molecule has 30 heavy (non-hydrogen) atoms. The summed E-state index contributed by atoms with van der Waals surface area (Å²) in [6, 6.07) is 10.4. The summed E-state index contributed by atoms with van der Waals surface area (Å²) in [4.78, 5) is 22.7. The molecule has 3 rings (SSSR count). The van der Waals surface area contributed by atoms with Crippen molar-refractivity contribution >= 4 is 11.7 Å². The molecule has 10 nitrogen and oxygen atoms in total. The molecule has 0 amide bonds. The molecule has 10 heteroatoms. The molecule has 3 aromatic rings. The number of nitro benzene ring substituents is 1. The van der Waals surface area contributed by atoms with E-state index in [1.807, 2.05) is 6.92 Å². The maximum atomic E-state index is 12.5. The summed E-state index contributed by atoms with van der Waals surface area (Å²) < 4.78 is 21.6. The van der Waals surface area contributed by atoms with Crippen LogP contribution in [0.3, 0.4) is 0 Å². The summed E-state index contributed by atoms with van der Waals surface area (Å²) in [7, 11) is 1.51. The number of aromatic nitrogens is 2. The summed E-state index contributed by atoms with van der Waals surface area (Å²) in [5.41, 5.74) is 0.738. The van der Waals surface area contributed by atoms with Crippen molar-refractivity contribution in [1.29, 1.82) is 0 Å². The zero-order valence-electron chi connectivity index (χ0n) is 16.5. The van der Waals surface area contributed by atoms with E-state index < -0.39 is 17.0 Å². The normalized spacial score (nSPS) is 11.6. The van der Waals surface area contributed by atoms with Crippen LogP contribution in [0.25, 0.3) is 11.5 Å². The Morgan fingerprint density at radius 2 is 1.90 bits per heavy atom.